The van der Waals surface area contributed by atoms with Crippen LogP contribution in [0.15, 0.2) is 0 Å². The molecule has 0 heteroatoms. The van der Waals surface area contributed by atoms with E-state index < -0.39 is 0 Å². The van der Waals surface area contributed by atoms with Crippen molar-refractivity contribution in [3.63, 3.8) is 0 Å². The molecule has 3 aliphatic rings. The van der Waals surface area contributed by atoms with E-state index in [1.165, 1.54) is 12.8 Å². The Morgan fingerprint density at radius 2 is 1.81 bits per heavy atom. The Hall–Kier alpha value is 0. The molecular formula is C16H28. The van der Waals surface area contributed by atoms with Gasteiger partial charge in [-0.05, 0) is 59.7 Å². The van der Waals surface area contributed by atoms with Gasteiger partial charge in [-0.3, -0.25) is 0 Å². The smallest absolute Gasteiger partial charge is 0.0261 e. The van der Waals surface area contributed by atoms with E-state index in [1.54, 1.807) is 6.42 Å². The Bertz CT molecular complexity index is 294. The Labute approximate surface area is 101 Å². The van der Waals surface area contributed by atoms with Crippen molar-refractivity contribution in [2.24, 2.45) is 46.8 Å². The number of hydrogen-bond acceptors (Lipinski definition) is 0. The minimum absolute atomic E-state index is 0.695. The Kier molecular flexibility index (Phi) is 2.27. The first-order valence-electron chi connectivity index (χ1n) is 7.50. The molecule has 92 valence electrons. The molecule has 0 bridgehead atoms. The van der Waals surface area contributed by atoms with Crippen molar-refractivity contribution in [1.29, 1.82) is 0 Å². The van der Waals surface area contributed by atoms with Gasteiger partial charge in [0.2, 0.25) is 0 Å². The summed E-state index contributed by atoms with van der Waals surface area (Å²) in [5.74, 6) is 7.34. The summed E-state index contributed by atoms with van der Waals surface area (Å²) in [5, 5.41) is 0. The van der Waals surface area contributed by atoms with Crippen LogP contribution in [-0.2, 0) is 0 Å². The number of hydrogen-bond donors (Lipinski definition) is 0. The maximum Gasteiger partial charge on any atom is -0.0261 e. The predicted molar refractivity (Wildman–Crippen MR) is 69.1 cm³/mol. The van der Waals surface area contributed by atoms with Crippen LogP contribution in [-0.4, -0.2) is 0 Å². The molecule has 0 aromatic carbocycles. The van der Waals surface area contributed by atoms with Gasteiger partial charge in [-0.2, -0.15) is 0 Å². The lowest BCUT2D eigenvalue weighted by Crippen LogP contribution is -2.33. The van der Waals surface area contributed by atoms with Crippen molar-refractivity contribution < 1.29 is 0 Å². The molecule has 0 radical (unpaired) electrons. The molecule has 0 spiro atoms. The predicted octanol–water partition coefficient (Wildman–Crippen LogP) is 4.60. The minimum atomic E-state index is 0.695. The first-order chi connectivity index (χ1) is 7.50. The topological polar surface area (TPSA) is 0 Å². The molecule has 0 aliphatic heterocycles. The third-order valence-corrected chi connectivity index (χ3v) is 7.08. The van der Waals surface area contributed by atoms with Gasteiger partial charge in [0.1, 0.15) is 0 Å². The molecule has 3 aliphatic carbocycles. The highest BCUT2D eigenvalue weighted by atomic mass is 14.7. The maximum absolute atomic E-state index is 2.62. The molecule has 0 aromatic rings. The quantitative estimate of drug-likeness (QED) is 0.638. The SMILES string of the molecule is CCC1C(C)C1C1(C)CC2C(C)CC2C1C. The van der Waals surface area contributed by atoms with Crippen molar-refractivity contribution in [3.8, 4) is 0 Å². The van der Waals surface area contributed by atoms with Crippen molar-refractivity contribution in [2.75, 3.05) is 0 Å². The zero-order chi connectivity index (χ0) is 11.7. The Balaban J connectivity index is 1.79. The zero-order valence-electron chi connectivity index (χ0n) is 11.7. The van der Waals surface area contributed by atoms with Crippen LogP contribution in [0.3, 0.4) is 0 Å². The molecule has 0 saturated heterocycles. The van der Waals surface area contributed by atoms with Gasteiger partial charge in [0.25, 0.3) is 0 Å². The van der Waals surface area contributed by atoms with E-state index in [1.807, 2.05) is 0 Å². The fourth-order valence-corrected chi connectivity index (χ4v) is 5.82. The van der Waals surface area contributed by atoms with Gasteiger partial charge in [0.15, 0.2) is 0 Å². The van der Waals surface area contributed by atoms with E-state index in [0.29, 0.717) is 5.41 Å². The molecule has 0 amide bonds. The Morgan fingerprint density at radius 1 is 1.12 bits per heavy atom. The van der Waals surface area contributed by atoms with E-state index in [9.17, 15) is 0 Å². The lowest BCUT2D eigenvalue weighted by Gasteiger charge is -2.40. The zero-order valence-corrected chi connectivity index (χ0v) is 11.7. The molecule has 3 rings (SSSR count). The second kappa shape index (κ2) is 3.27. The molecule has 0 N–H and O–H groups in total. The molecule has 0 nitrogen and oxygen atoms in total. The average molecular weight is 220 g/mol. The lowest BCUT2D eigenvalue weighted by molar-refractivity contribution is 0.0856. The summed E-state index contributed by atoms with van der Waals surface area (Å²) in [6, 6.07) is 0. The molecule has 8 atom stereocenters. The summed E-state index contributed by atoms with van der Waals surface area (Å²) < 4.78 is 0. The largest absolute Gasteiger partial charge is 0.0651 e. The highest BCUT2D eigenvalue weighted by Crippen LogP contribution is 2.71. The highest BCUT2D eigenvalue weighted by Gasteiger charge is 2.64. The fraction of sp³-hybridized carbons (Fsp3) is 1.00. The lowest BCUT2D eigenvalue weighted by atomic mass is 9.65. The minimum Gasteiger partial charge on any atom is -0.0651 e. The van der Waals surface area contributed by atoms with Gasteiger partial charge in [0.05, 0.1) is 0 Å². The van der Waals surface area contributed by atoms with E-state index in [-0.39, 0.29) is 0 Å². The molecule has 3 fully saturated rings. The van der Waals surface area contributed by atoms with Gasteiger partial charge in [-0.1, -0.05) is 41.0 Å². The molecule has 16 heavy (non-hydrogen) atoms. The summed E-state index contributed by atoms with van der Waals surface area (Å²) in [4.78, 5) is 0. The van der Waals surface area contributed by atoms with Crippen molar-refractivity contribution in [1.82, 2.24) is 0 Å². The van der Waals surface area contributed by atoms with E-state index in [2.05, 4.69) is 34.6 Å². The Morgan fingerprint density at radius 3 is 2.25 bits per heavy atom. The second-order valence-corrected chi connectivity index (χ2v) is 7.50. The fourth-order valence-electron chi connectivity index (χ4n) is 5.82. The first-order valence-corrected chi connectivity index (χ1v) is 7.50. The average Bonchev–Trinajstić information content (AvgIpc) is 2.87. The van der Waals surface area contributed by atoms with Crippen LogP contribution in [0.5, 0.6) is 0 Å². The van der Waals surface area contributed by atoms with E-state index in [4.69, 9.17) is 0 Å². The van der Waals surface area contributed by atoms with Crippen molar-refractivity contribution in [2.45, 2.75) is 53.9 Å². The van der Waals surface area contributed by atoms with E-state index >= 15 is 0 Å². The molecule has 0 aromatic heterocycles. The van der Waals surface area contributed by atoms with Crippen LogP contribution in [0.4, 0.5) is 0 Å². The van der Waals surface area contributed by atoms with Crippen LogP contribution in [0, 0.1) is 46.8 Å². The second-order valence-electron chi connectivity index (χ2n) is 7.50. The maximum atomic E-state index is 2.62. The molecular weight excluding hydrogens is 192 g/mol. The van der Waals surface area contributed by atoms with Crippen LogP contribution in [0.1, 0.15) is 53.9 Å². The van der Waals surface area contributed by atoms with Crippen LogP contribution in [0.2, 0.25) is 0 Å². The third kappa shape index (κ3) is 1.17. The summed E-state index contributed by atoms with van der Waals surface area (Å²) in [7, 11) is 0. The van der Waals surface area contributed by atoms with Gasteiger partial charge in [0, 0.05) is 0 Å². The summed E-state index contributed by atoms with van der Waals surface area (Å²) in [6.45, 7) is 12.6. The first kappa shape index (κ1) is 11.1. The molecule has 0 heterocycles. The molecule has 8 unspecified atom stereocenters. The normalized spacial score (nSPS) is 63.9. The van der Waals surface area contributed by atoms with Gasteiger partial charge >= 0.3 is 0 Å². The van der Waals surface area contributed by atoms with E-state index in [0.717, 1.165) is 41.4 Å². The molecule has 3 saturated carbocycles. The van der Waals surface area contributed by atoms with Crippen LogP contribution < -0.4 is 0 Å². The monoisotopic (exact) mass is 220 g/mol. The highest BCUT2D eigenvalue weighted by molar-refractivity contribution is 5.12. The summed E-state index contributed by atoms with van der Waals surface area (Å²) in [6.07, 6.45) is 4.49. The van der Waals surface area contributed by atoms with Crippen molar-refractivity contribution in [3.05, 3.63) is 0 Å². The standard InChI is InChI=1S/C16H28/c1-6-12-10(3)15(12)16(5)8-14-9(2)7-13(14)11(16)4/h9-15H,6-8H2,1-5H3. The summed E-state index contributed by atoms with van der Waals surface area (Å²) in [5.41, 5.74) is 0.695. The van der Waals surface area contributed by atoms with Gasteiger partial charge in [-0.25, -0.2) is 0 Å². The van der Waals surface area contributed by atoms with Gasteiger partial charge < -0.3 is 0 Å². The number of fused-ring (bicyclic) bond motifs is 1. The van der Waals surface area contributed by atoms with Gasteiger partial charge in [-0.15, -0.1) is 0 Å². The van der Waals surface area contributed by atoms with Crippen LogP contribution in [0.25, 0.3) is 0 Å². The number of rotatable bonds is 2. The third-order valence-electron chi connectivity index (χ3n) is 7.08. The van der Waals surface area contributed by atoms with Crippen molar-refractivity contribution >= 4 is 0 Å². The summed E-state index contributed by atoms with van der Waals surface area (Å²) >= 11 is 0. The van der Waals surface area contributed by atoms with Crippen LogP contribution >= 0.6 is 0 Å².